The molecule has 0 atom stereocenters. The van der Waals surface area contributed by atoms with Crippen LogP contribution >= 0.6 is 0 Å². The Hall–Kier alpha value is -2.01. The second kappa shape index (κ2) is 6.86. The van der Waals surface area contributed by atoms with Crippen molar-refractivity contribution in [1.82, 2.24) is 10.4 Å². The fourth-order valence-electron chi connectivity index (χ4n) is 3.41. The first-order valence-corrected chi connectivity index (χ1v) is 9.73. The minimum atomic E-state index is -0.468. The summed E-state index contributed by atoms with van der Waals surface area (Å²) in [7, 11) is 0. The number of benzene rings is 1. The van der Waals surface area contributed by atoms with E-state index < -0.39 is 5.60 Å². The molecule has 148 valence electrons. The number of carbonyl (C=O) groups excluding carboxylic acids is 1. The molecule has 5 nitrogen and oxygen atoms in total. The number of ether oxygens (including phenoxy) is 1. The minimum absolute atomic E-state index is 0.141. The van der Waals surface area contributed by atoms with E-state index in [0.717, 1.165) is 24.1 Å². The Morgan fingerprint density at radius 2 is 1.67 bits per heavy atom. The van der Waals surface area contributed by atoms with Crippen molar-refractivity contribution in [2.75, 3.05) is 13.1 Å². The van der Waals surface area contributed by atoms with Gasteiger partial charge in [0.15, 0.2) is 0 Å². The van der Waals surface area contributed by atoms with Crippen molar-refractivity contribution in [2.45, 2.75) is 71.0 Å². The van der Waals surface area contributed by atoms with Crippen LogP contribution in [0.25, 0.3) is 5.70 Å². The van der Waals surface area contributed by atoms with Crippen molar-refractivity contribution in [1.29, 1.82) is 0 Å². The normalized spacial score (nSPS) is 19.6. The average Bonchev–Trinajstić information content (AvgIpc) is 2.97. The zero-order valence-electron chi connectivity index (χ0n) is 17.4. The number of hydrogen-bond donors (Lipinski definition) is 1. The highest BCUT2D eigenvalue weighted by Crippen LogP contribution is 2.35. The van der Waals surface area contributed by atoms with E-state index in [2.05, 4.69) is 56.6 Å². The molecule has 1 aromatic rings. The third-order valence-corrected chi connectivity index (χ3v) is 5.10. The molecule has 2 heterocycles. The molecule has 1 spiro atoms. The van der Waals surface area contributed by atoms with Crippen LogP contribution in [0.15, 0.2) is 30.3 Å². The summed E-state index contributed by atoms with van der Waals surface area (Å²) >= 11 is 0. The van der Waals surface area contributed by atoms with E-state index in [1.165, 1.54) is 5.56 Å². The molecule has 5 heteroatoms. The molecule has 0 radical (unpaired) electrons. The summed E-state index contributed by atoms with van der Waals surface area (Å²) in [6, 6.07) is 8.62. The first-order valence-electron chi connectivity index (χ1n) is 9.73. The smallest absolute Gasteiger partial charge is 0.410 e. The quantitative estimate of drug-likeness (QED) is 0.781. The molecule has 0 unspecified atom stereocenters. The predicted molar refractivity (Wildman–Crippen MR) is 107 cm³/mol. The summed E-state index contributed by atoms with van der Waals surface area (Å²) in [6.07, 6.45) is 3.43. The fraction of sp³-hybridized carbons (Fsp3) is 0.591. The Morgan fingerprint density at radius 1 is 1.07 bits per heavy atom. The summed E-state index contributed by atoms with van der Waals surface area (Å²) in [4.78, 5) is 20.0. The van der Waals surface area contributed by atoms with Gasteiger partial charge in [-0.1, -0.05) is 45.0 Å². The van der Waals surface area contributed by atoms with Gasteiger partial charge in [-0.2, -0.15) is 0 Å². The SMILES string of the molecule is CC(C)(C)OC(=O)N1CCC2(C=C(c3ccc(C(C)(C)C)cc3)NO2)CC1. The Balaban J connectivity index is 1.65. The highest BCUT2D eigenvalue weighted by Gasteiger charge is 2.40. The first-order chi connectivity index (χ1) is 12.5. The standard InChI is InChI=1S/C22H32N2O3/c1-20(2,3)17-9-7-16(8-10-17)18-15-22(27-23-18)11-13-24(14-12-22)19(25)26-21(4,5)6/h7-10,15,23H,11-14H2,1-6H3. The Kier molecular flexibility index (Phi) is 5.02. The number of hydrogen-bond acceptors (Lipinski definition) is 4. The molecule has 1 amide bonds. The summed E-state index contributed by atoms with van der Waals surface area (Å²) < 4.78 is 5.47. The van der Waals surface area contributed by atoms with Gasteiger partial charge in [0.1, 0.15) is 11.2 Å². The maximum Gasteiger partial charge on any atom is 0.410 e. The number of carbonyl (C=O) groups is 1. The van der Waals surface area contributed by atoms with E-state index >= 15 is 0 Å². The summed E-state index contributed by atoms with van der Waals surface area (Å²) in [5.74, 6) is 0. The van der Waals surface area contributed by atoms with Crippen LogP contribution in [0.4, 0.5) is 4.79 Å². The van der Waals surface area contributed by atoms with E-state index in [1.54, 1.807) is 4.90 Å². The molecule has 0 bridgehead atoms. The van der Waals surface area contributed by atoms with E-state index in [9.17, 15) is 4.79 Å². The molecule has 0 aliphatic carbocycles. The van der Waals surface area contributed by atoms with E-state index in [-0.39, 0.29) is 17.1 Å². The van der Waals surface area contributed by atoms with Crippen LogP contribution in [0.2, 0.25) is 0 Å². The second-order valence-corrected chi connectivity index (χ2v) is 9.62. The molecular weight excluding hydrogens is 340 g/mol. The van der Waals surface area contributed by atoms with E-state index in [1.807, 2.05) is 20.8 Å². The lowest BCUT2D eigenvalue weighted by Gasteiger charge is -2.37. The number of nitrogens with one attached hydrogen (secondary N) is 1. The van der Waals surface area contributed by atoms with Crippen molar-refractivity contribution in [2.24, 2.45) is 0 Å². The van der Waals surface area contributed by atoms with E-state index in [4.69, 9.17) is 9.57 Å². The van der Waals surface area contributed by atoms with Gasteiger partial charge in [0.05, 0.1) is 5.70 Å². The van der Waals surface area contributed by atoms with Crippen molar-refractivity contribution >= 4 is 11.8 Å². The van der Waals surface area contributed by atoms with Crippen molar-refractivity contribution in [3.63, 3.8) is 0 Å². The van der Waals surface area contributed by atoms with Gasteiger partial charge in [-0.3, -0.25) is 10.3 Å². The van der Waals surface area contributed by atoms with Gasteiger partial charge in [0, 0.05) is 25.9 Å². The lowest BCUT2D eigenvalue weighted by Crippen LogP contribution is -2.48. The van der Waals surface area contributed by atoms with Crippen LogP contribution in [0.5, 0.6) is 0 Å². The highest BCUT2D eigenvalue weighted by molar-refractivity contribution is 5.69. The molecule has 2 aliphatic rings. The lowest BCUT2D eigenvalue weighted by molar-refractivity contribution is -0.0708. The van der Waals surface area contributed by atoms with Gasteiger partial charge in [0.25, 0.3) is 0 Å². The largest absolute Gasteiger partial charge is 0.444 e. The molecule has 2 aliphatic heterocycles. The van der Waals surface area contributed by atoms with E-state index in [0.29, 0.717) is 13.1 Å². The Bertz CT molecular complexity index is 715. The van der Waals surface area contributed by atoms with Gasteiger partial charge in [0.2, 0.25) is 0 Å². The van der Waals surface area contributed by atoms with Crippen molar-refractivity contribution in [3.8, 4) is 0 Å². The fourth-order valence-corrected chi connectivity index (χ4v) is 3.41. The zero-order valence-corrected chi connectivity index (χ0v) is 17.4. The first kappa shape index (κ1) is 19.7. The van der Waals surface area contributed by atoms with Crippen molar-refractivity contribution < 1.29 is 14.4 Å². The van der Waals surface area contributed by atoms with Gasteiger partial charge < -0.3 is 9.64 Å². The molecule has 1 saturated heterocycles. The number of nitrogens with zero attached hydrogens (tertiary/aromatic N) is 1. The third-order valence-electron chi connectivity index (χ3n) is 5.10. The van der Waals surface area contributed by atoms with Gasteiger partial charge in [-0.05, 0) is 43.4 Å². The van der Waals surface area contributed by atoms with Crippen LogP contribution in [0.1, 0.15) is 65.5 Å². The van der Waals surface area contributed by atoms with Crippen LogP contribution < -0.4 is 5.48 Å². The molecule has 27 heavy (non-hydrogen) atoms. The number of likely N-dealkylation sites (tertiary alicyclic amines) is 1. The van der Waals surface area contributed by atoms with Crippen LogP contribution in [-0.4, -0.2) is 35.3 Å². The van der Waals surface area contributed by atoms with Gasteiger partial charge in [-0.25, -0.2) is 4.79 Å². The molecule has 0 saturated carbocycles. The zero-order chi connectivity index (χ0) is 19.9. The molecule has 1 N–H and O–H groups in total. The predicted octanol–water partition coefficient (Wildman–Crippen LogP) is 4.63. The molecule has 1 aromatic carbocycles. The van der Waals surface area contributed by atoms with Crippen LogP contribution in [-0.2, 0) is 15.0 Å². The Morgan fingerprint density at radius 3 is 2.19 bits per heavy atom. The summed E-state index contributed by atoms with van der Waals surface area (Å²) in [6.45, 7) is 13.6. The maximum atomic E-state index is 12.2. The number of hydroxylamine groups is 1. The molecule has 1 fully saturated rings. The van der Waals surface area contributed by atoms with Crippen LogP contribution in [0, 0.1) is 0 Å². The number of piperidine rings is 1. The third kappa shape index (κ3) is 4.64. The molecule has 3 rings (SSSR count). The van der Waals surface area contributed by atoms with Crippen LogP contribution in [0.3, 0.4) is 0 Å². The van der Waals surface area contributed by atoms with Gasteiger partial charge >= 0.3 is 6.09 Å². The second-order valence-electron chi connectivity index (χ2n) is 9.62. The summed E-state index contributed by atoms with van der Waals surface area (Å²) in [5.41, 5.74) is 5.85. The number of amides is 1. The monoisotopic (exact) mass is 372 g/mol. The lowest BCUT2D eigenvalue weighted by atomic mass is 9.86. The van der Waals surface area contributed by atoms with Gasteiger partial charge in [-0.15, -0.1) is 0 Å². The summed E-state index contributed by atoms with van der Waals surface area (Å²) in [5, 5.41) is 0. The maximum absolute atomic E-state index is 12.2. The van der Waals surface area contributed by atoms with Crippen molar-refractivity contribution in [3.05, 3.63) is 41.5 Å². The molecular formula is C22H32N2O3. The highest BCUT2D eigenvalue weighted by atomic mass is 16.7. The minimum Gasteiger partial charge on any atom is -0.444 e. The topological polar surface area (TPSA) is 50.8 Å². The Labute approximate surface area is 162 Å². The molecule has 0 aromatic heterocycles. The number of rotatable bonds is 1. The average molecular weight is 373 g/mol.